The number of hydrogen-bond donors (Lipinski definition) is 2. The third-order valence-electron chi connectivity index (χ3n) is 2.95. The molecular weight excluding hydrogens is 250 g/mol. The maximum Gasteiger partial charge on any atom is 0.311 e. The SMILES string of the molecule is CNC(=O)c1ccc(OC2CCNC2)c([N+](=O)[O-])c1. The van der Waals surface area contributed by atoms with Crippen molar-refractivity contribution in [2.45, 2.75) is 12.5 Å². The quantitative estimate of drug-likeness (QED) is 0.617. The number of nitro groups is 1. The van der Waals surface area contributed by atoms with Crippen LogP contribution in [-0.2, 0) is 0 Å². The predicted molar refractivity (Wildman–Crippen MR) is 68.4 cm³/mol. The van der Waals surface area contributed by atoms with Crippen LogP contribution in [0.1, 0.15) is 16.8 Å². The molecule has 0 radical (unpaired) electrons. The van der Waals surface area contributed by atoms with Crippen LogP contribution >= 0.6 is 0 Å². The van der Waals surface area contributed by atoms with Crippen molar-refractivity contribution in [3.63, 3.8) is 0 Å². The van der Waals surface area contributed by atoms with Gasteiger partial charge in [0, 0.05) is 25.2 Å². The summed E-state index contributed by atoms with van der Waals surface area (Å²) in [7, 11) is 1.47. The number of nitrogens with one attached hydrogen (secondary N) is 2. The highest BCUT2D eigenvalue weighted by atomic mass is 16.6. The Kier molecular flexibility index (Phi) is 3.96. The fourth-order valence-electron chi connectivity index (χ4n) is 1.95. The van der Waals surface area contributed by atoms with Gasteiger partial charge >= 0.3 is 5.69 Å². The molecular formula is C12H15N3O4. The summed E-state index contributed by atoms with van der Waals surface area (Å²) in [6.07, 6.45) is 0.749. The Hall–Kier alpha value is -2.15. The van der Waals surface area contributed by atoms with Gasteiger partial charge in [-0.1, -0.05) is 0 Å². The van der Waals surface area contributed by atoms with Gasteiger partial charge in [-0.3, -0.25) is 14.9 Å². The van der Waals surface area contributed by atoms with E-state index < -0.39 is 4.92 Å². The van der Waals surface area contributed by atoms with Gasteiger partial charge in [0.2, 0.25) is 0 Å². The summed E-state index contributed by atoms with van der Waals surface area (Å²) < 4.78 is 5.60. The molecule has 7 heteroatoms. The molecule has 1 fully saturated rings. The van der Waals surface area contributed by atoms with Crippen LogP contribution in [0.4, 0.5) is 5.69 Å². The Morgan fingerprint density at radius 1 is 1.58 bits per heavy atom. The van der Waals surface area contributed by atoms with Crippen LogP contribution in [-0.4, -0.2) is 37.1 Å². The van der Waals surface area contributed by atoms with E-state index >= 15 is 0 Å². The Balaban J connectivity index is 2.26. The lowest BCUT2D eigenvalue weighted by molar-refractivity contribution is -0.386. The van der Waals surface area contributed by atoms with Gasteiger partial charge in [-0.25, -0.2) is 0 Å². The third kappa shape index (κ3) is 3.00. The van der Waals surface area contributed by atoms with E-state index in [1.54, 1.807) is 0 Å². The van der Waals surface area contributed by atoms with Crippen LogP contribution in [0.5, 0.6) is 5.75 Å². The van der Waals surface area contributed by atoms with Crippen molar-refractivity contribution in [1.82, 2.24) is 10.6 Å². The molecule has 1 aliphatic heterocycles. The number of amides is 1. The van der Waals surface area contributed by atoms with Crippen molar-refractivity contribution >= 4 is 11.6 Å². The van der Waals surface area contributed by atoms with E-state index in [1.165, 1.54) is 25.2 Å². The van der Waals surface area contributed by atoms with E-state index in [0.717, 1.165) is 13.0 Å². The summed E-state index contributed by atoms with van der Waals surface area (Å²) in [5, 5.41) is 16.6. The van der Waals surface area contributed by atoms with Crippen molar-refractivity contribution in [3.05, 3.63) is 33.9 Å². The van der Waals surface area contributed by atoms with Gasteiger partial charge in [-0.2, -0.15) is 0 Å². The first-order chi connectivity index (χ1) is 9.11. The number of rotatable bonds is 4. The third-order valence-corrected chi connectivity index (χ3v) is 2.95. The fraction of sp³-hybridized carbons (Fsp3) is 0.417. The minimum atomic E-state index is -0.538. The summed E-state index contributed by atoms with van der Waals surface area (Å²) in [4.78, 5) is 22.0. The molecule has 19 heavy (non-hydrogen) atoms. The molecule has 1 aromatic carbocycles. The Bertz CT molecular complexity index is 498. The topological polar surface area (TPSA) is 93.5 Å². The normalized spacial score (nSPS) is 18.1. The molecule has 0 saturated carbocycles. The van der Waals surface area contributed by atoms with Crippen molar-refractivity contribution < 1.29 is 14.5 Å². The highest BCUT2D eigenvalue weighted by molar-refractivity contribution is 5.94. The van der Waals surface area contributed by atoms with Crippen molar-refractivity contribution in [1.29, 1.82) is 0 Å². The second-order valence-electron chi connectivity index (χ2n) is 4.25. The first-order valence-corrected chi connectivity index (χ1v) is 5.99. The number of ether oxygens (including phenoxy) is 1. The molecule has 0 aromatic heterocycles. The largest absolute Gasteiger partial charge is 0.482 e. The molecule has 0 aliphatic carbocycles. The standard InChI is InChI=1S/C12H15N3O4/c1-13-12(16)8-2-3-11(10(6-8)15(17)18)19-9-4-5-14-7-9/h2-3,6,9,14H,4-5,7H2,1H3,(H,13,16). The predicted octanol–water partition coefficient (Wildman–Crippen LogP) is 0.695. The molecule has 7 nitrogen and oxygen atoms in total. The molecule has 1 atom stereocenters. The molecule has 1 amide bonds. The van der Waals surface area contributed by atoms with Crippen LogP contribution in [0, 0.1) is 10.1 Å². The second-order valence-corrected chi connectivity index (χ2v) is 4.25. The maximum atomic E-state index is 11.5. The van der Waals surface area contributed by atoms with Crippen LogP contribution in [0.25, 0.3) is 0 Å². The molecule has 0 bridgehead atoms. The first kappa shape index (κ1) is 13.3. The van der Waals surface area contributed by atoms with Gasteiger partial charge in [0.1, 0.15) is 6.10 Å². The molecule has 1 unspecified atom stereocenters. The summed E-state index contributed by atoms with van der Waals surface area (Å²) >= 11 is 0. The molecule has 1 saturated heterocycles. The van der Waals surface area contributed by atoms with E-state index in [4.69, 9.17) is 4.74 Å². The minimum Gasteiger partial charge on any atom is -0.482 e. The lowest BCUT2D eigenvalue weighted by atomic mass is 10.1. The van der Waals surface area contributed by atoms with E-state index in [0.29, 0.717) is 6.54 Å². The van der Waals surface area contributed by atoms with E-state index in [1.807, 2.05) is 0 Å². The average molecular weight is 265 g/mol. The highest BCUT2D eigenvalue weighted by Gasteiger charge is 2.23. The van der Waals surface area contributed by atoms with Crippen LogP contribution in [0.15, 0.2) is 18.2 Å². The van der Waals surface area contributed by atoms with Gasteiger partial charge in [-0.15, -0.1) is 0 Å². The summed E-state index contributed by atoms with van der Waals surface area (Å²) in [5.74, 6) is -0.163. The summed E-state index contributed by atoms with van der Waals surface area (Å²) in [6.45, 7) is 1.52. The smallest absolute Gasteiger partial charge is 0.311 e. The van der Waals surface area contributed by atoms with E-state index in [9.17, 15) is 14.9 Å². The zero-order valence-electron chi connectivity index (χ0n) is 10.5. The average Bonchev–Trinajstić information content (AvgIpc) is 2.91. The van der Waals surface area contributed by atoms with E-state index in [-0.39, 0.29) is 29.0 Å². The molecule has 1 aliphatic rings. The zero-order chi connectivity index (χ0) is 13.8. The second kappa shape index (κ2) is 5.66. The van der Waals surface area contributed by atoms with E-state index in [2.05, 4.69) is 10.6 Å². The molecule has 1 aromatic rings. The van der Waals surface area contributed by atoms with Gasteiger partial charge in [0.15, 0.2) is 5.75 Å². The monoisotopic (exact) mass is 265 g/mol. The van der Waals surface area contributed by atoms with Crippen LogP contribution < -0.4 is 15.4 Å². The first-order valence-electron chi connectivity index (χ1n) is 5.99. The maximum absolute atomic E-state index is 11.5. The number of nitrogens with zero attached hydrogens (tertiary/aromatic N) is 1. The molecule has 102 valence electrons. The Labute approximate surface area is 110 Å². The van der Waals surface area contributed by atoms with Crippen molar-refractivity contribution in [3.8, 4) is 5.75 Å². The van der Waals surface area contributed by atoms with Gasteiger partial charge in [-0.05, 0) is 25.1 Å². The summed E-state index contributed by atoms with van der Waals surface area (Å²) in [6, 6.07) is 4.22. The summed E-state index contributed by atoms with van der Waals surface area (Å²) in [5.41, 5.74) is 0.0547. The van der Waals surface area contributed by atoms with Crippen molar-refractivity contribution in [2.24, 2.45) is 0 Å². The molecule has 1 heterocycles. The lowest BCUT2D eigenvalue weighted by Gasteiger charge is -2.12. The zero-order valence-corrected chi connectivity index (χ0v) is 10.5. The van der Waals surface area contributed by atoms with Crippen LogP contribution in [0.2, 0.25) is 0 Å². The lowest BCUT2D eigenvalue weighted by Crippen LogP contribution is -2.21. The van der Waals surface area contributed by atoms with Crippen LogP contribution in [0.3, 0.4) is 0 Å². The Morgan fingerprint density at radius 3 is 2.95 bits per heavy atom. The van der Waals surface area contributed by atoms with Crippen molar-refractivity contribution in [2.75, 3.05) is 20.1 Å². The minimum absolute atomic E-state index is 0.0652. The van der Waals surface area contributed by atoms with Gasteiger partial charge in [0.05, 0.1) is 4.92 Å². The molecule has 0 spiro atoms. The Morgan fingerprint density at radius 2 is 2.37 bits per heavy atom. The molecule has 2 N–H and O–H groups in total. The molecule has 2 rings (SSSR count). The van der Waals surface area contributed by atoms with Gasteiger partial charge in [0.25, 0.3) is 5.91 Å². The highest BCUT2D eigenvalue weighted by Crippen LogP contribution is 2.29. The fourth-order valence-corrected chi connectivity index (χ4v) is 1.95. The number of carbonyl (C=O) groups is 1. The number of carbonyl (C=O) groups excluding carboxylic acids is 1. The van der Waals surface area contributed by atoms with Gasteiger partial charge < -0.3 is 15.4 Å². The number of hydrogen-bond acceptors (Lipinski definition) is 5. The number of benzene rings is 1. The number of nitro benzene ring substituents is 1.